The minimum atomic E-state index is -4.51. The Bertz CT molecular complexity index is 640. The van der Waals surface area contributed by atoms with E-state index >= 15 is 0 Å². The second kappa shape index (κ2) is 4.26. The number of carbonyl (C=O) groups excluding carboxylic acids is 1. The second-order valence-corrected chi connectivity index (χ2v) is 6.26. The fourth-order valence-corrected chi connectivity index (χ4v) is 2.36. The lowest BCUT2D eigenvalue weighted by molar-refractivity contribution is -0.174. The Hall–Kier alpha value is -1.51. The SMILES string of the molecule is CS(=O)(=O)c1ncc2c(n1)C[C@H](C(F)(F)F)CC2=O. The van der Waals surface area contributed by atoms with Crippen LogP contribution >= 0.6 is 0 Å². The van der Waals surface area contributed by atoms with E-state index in [4.69, 9.17) is 0 Å². The summed E-state index contributed by atoms with van der Waals surface area (Å²) < 4.78 is 60.4. The van der Waals surface area contributed by atoms with Gasteiger partial charge < -0.3 is 0 Å². The van der Waals surface area contributed by atoms with E-state index < -0.39 is 45.7 Å². The fraction of sp³-hybridized carbons (Fsp3) is 0.500. The van der Waals surface area contributed by atoms with Crippen LogP contribution in [0.2, 0.25) is 0 Å². The van der Waals surface area contributed by atoms with E-state index in [-0.39, 0.29) is 11.3 Å². The fourth-order valence-electron chi connectivity index (χ4n) is 1.84. The molecule has 1 aromatic rings. The van der Waals surface area contributed by atoms with Gasteiger partial charge in [0.15, 0.2) is 5.78 Å². The molecule has 0 aliphatic heterocycles. The minimum Gasteiger partial charge on any atom is -0.294 e. The molecule has 0 saturated heterocycles. The van der Waals surface area contributed by atoms with Gasteiger partial charge in [-0.2, -0.15) is 13.2 Å². The van der Waals surface area contributed by atoms with Crippen LogP contribution in [0.4, 0.5) is 13.2 Å². The lowest BCUT2D eigenvalue weighted by Crippen LogP contribution is -2.33. The molecule has 0 radical (unpaired) electrons. The maximum atomic E-state index is 12.6. The van der Waals surface area contributed by atoms with Crippen molar-refractivity contribution in [1.82, 2.24) is 9.97 Å². The van der Waals surface area contributed by atoms with Crippen molar-refractivity contribution in [2.45, 2.75) is 24.2 Å². The third kappa shape index (κ3) is 2.75. The van der Waals surface area contributed by atoms with Gasteiger partial charge in [-0.15, -0.1) is 0 Å². The van der Waals surface area contributed by atoms with E-state index in [1.165, 1.54) is 0 Å². The first-order chi connectivity index (χ1) is 8.59. The van der Waals surface area contributed by atoms with Crippen LogP contribution in [0.3, 0.4) is 0 Å². The van der Waals surface area contributed by atoms with Crippen molar-refractivity contribution < 1.29 is 26.4 Å². The van der Waals surface area contributed by atoms with Crippen LogP contribution in [0.1, 0.15) is 22.5 Å². The number of sulfone groups is 1. The average Bonchev–Trinajstić information content (AvgIpc) is 2.25. The lowest BCUT2D eigenvalue weighted by atomic mass is 9.86. The first-order valence-corrected chi connectivity index (χ1v) is 7.14. The number of halogens is 3. The number of nitrogens with zero attached hydrogens (tertiary/aromatic N) is 2. The minimum absolute atomic E-state index is 0.0344. The van der Waals surface area contributed by atoms with Gasteiger partial charge in [0.1, 0.15) is 0 Å². The van der Waals surface area contributed by atoms with Gasteiger partial charge in [-0.1, -0.05) is 0 Å². The molecule has 2 rings (SSSR count). The largest absolute Gasteiger partial charge is 0.392 e. The molecule has 0 fully saturated rings. The van der Waals surface area contributed by atoms with E-state index in [2.05, 4.69) is 9.97 Å². The normalized spacial score (nSPS) is 20.2. The van der Waals surface area contributed by atoms with Gasteiger partial charge in [0.25, 0.3) is 0 Å². The number of hydrogen-bond donors (Lipinski definition) is 0. The summed E-state index contributed by atoms with van der Waals surface area (Å²) in [5.41, 5.74) is -0.193. The van der Waals surface area contributed by atoms with Crippen molar-refractivity contribution in [3.05, 3.63) is 17.5 Å². The zero-order chi connectivity index (χ0) is 14.4. The number of fused-ring (bicyclic) bond motifs is 1. The number of ketones is 1. The van der Waals surface area contributed by atoms with Crippen LogP contribution in [0.5, 0.6) is 0 Å². The number of hydrogen-bond acceptors (Lipinski definition) is 5. The highest BCUT2D eigenvalue weighted by molar-refractivity contribution is 7.90. The Morgan fingerprint density at radius 2 is 1.95 bits per heavy atom. The monoisotopic (exact) mass is 294 g/mol. The van der Waals surface area contributed by atoms with Crippen LogP contribution < -0.4 is 0 Å². The van der Waals surface area contributed by atoms with Crippen LogP contribution in [-0.4, -0.2) is 36.6 Å². The molecule has 1 aromatic heterocycles. The molecule has 0 N–H and O–H groups in total. The van der Waals surface area contributed by atoms with E-state index in [1.54, 1.807) is 0 Å². The highest BCUT2D eigenvalue weighted by atomic mass is 32.2. The van der Waals surface area contributed by atoms with Crippen molar-refractivity contribution in [1.29, 1.82) is 0 Å². The molecule has 0 amide bonds. The van der Waals surface area contributed by atoms with Crippen molar-refractivity contribution in [3.63, 3.8) is 0 Å². The average molecular weight is 294 g/mol. The van der Waals surface area contributed by atoms with Gasteiger partial charge in [-0.25, -0.2) is 18.4 Å². The molecule has 0 unspecified atom stereocenters. The third-order valence-corrected chi connectivity index (χ3v) is 3.67. The Morgan fingerprint density at radius 3 is 2.47 bits per heavy atom. The van der Waals surface area contributed by atoms with Crippen LogP contribution in [0, 0.1) is 5.92 Å². The van der Waals surface area contributed by atoms with Crippen molar-refractivity contribution in [2.24, 2.45) is 5.92 Å². The van der Waals surface area contributed by atoms with E-state index in [0.717, 1.165) is 12.5 Å². The van der Waals surface area contributed by atoms with Crippen LogP contribution in [0.25, 0.3) is 0 Å². The number of Topliss-reactive ketones (excluding diaryl/α,β-unsaturated/α-hetero) is 1. The molecule has 0 bridgehead atoms. The topological polar surface area (TPSA) is 77.0 Å². The maximum Gasteiger partial charge on any atom is 0.392 e. The van der Waals surface area contributed by atoms with Crippen LogP contribution in [0.15, 0.2) is 11.4 Å². The van der Waals surface area contributed by atoms with Gasteiger partial charge in [0.05, 0.1) is 17.2 Å². The Balaban J connectivity index is 2.48. The van der Waals surface area contributed by atoms with Crippen LogP contribution in [-0.2, 0) is 16.3 Å². The predicted molar refractivity (Wildman–Crippen MR) is 57.3 cm³/mol. The Morgan fingerprint density at radius 1 is 1.32 bits per heavy atom. The first-order valence-electron chi connectivity index (χ1n) is 5.25. The summed E-state index contributed by atoms with van der Waals surface area (Å²) in [6.45, 7) is 0. The summed E-state index contributed by atoms with van der Waals surface area (Å²) >= 11 is 0. The maximum absolute atomic E-state index is 12.6. The van der Waals surface area contributed by atoms with Crippen molar-refractivity contribution in [3.8, 4) is 0 Å². The number of aromatic nitrogens is 2. The second-order valence-electron chi connectivity index (χ2n) is 4.36. The van der Waals surface area contributed by atoms with Gasteiger partial charge in [0, 0.05) is 25.3 Å². The summed E-state index contributed by atoms with van der Waals surface area (Å²) in [5.74, 6) is -2.54. The smallest absolute Gasteiger partial charge is 0.294 e. The Kier molecular flexibility index (Phi) is 3.12. The van der Waals surface area contributed by atoms with Gasteiger partial charge in [-0.3, -0.25) is 4.79 Å². The molecular weight excluding hydrogens is 285 g/mol. The van der Waals surface area contributed by atoms with E-state index in [1.807, 2.05) is 0 Å². The molecule has 1 heterocycles. The quantitative estimate of drug-likeness (QED) is 0.727. The van der Waals surface area contributed by atoms with Gasteiger partial charge in [0.2, 0.25) is 15.0 Å². The van der Waals surface area contributed by atoms with E-state index in [9.17, 15) is 26.4 Å². The molecule has 1 aliphatic carbocycles. The third-order valence-electron chi connectivity index (χ3n) is 2.81. The number of carbonyl (C=O) groups is 1. The van der Waals surface area contributed by atoms with Gasteiger partial charge in [-0.05, 0) is 0 Å². The molecule has 5 nitrogen and oxygen atoms in total. The molecule has 9 heteroatoms. The highest BCUT2D eigenvalue weighted by Crippen LogP contribution is 2.36. The van der Waals surface area contributed by atoms with Gasteiger partial charge >= 0.3 is 6.18 Å². The Labute approximate surface area is 106 Å². The summed E-state index contributed by atoms with van der Waals surface area (Å²) in [7, 11) is -3.72. The molecule has 1 atom stereocenters. The summed E-state index contributed by atoms with van der Waals surface area (Å²) in [6.07, 6.45) is -3.84. The molecule has 0 saturated carbocycles. The zero-order valence-electron chi connectivity index (χ0n) is 9.73. The summed E-state index contributed by atoms with van der Waals surface area (Å²) in [5, 5.41) is -0.568. The molecule has 0 aromatic carbocycles. The lowest BCUT2D eigenvalue weighted by Gasteiger charge is -2.24. The highest BCUT2D eigenvalue weighted by Gasteiger charge is 2.44. The molecule has 104 valence electrons. The number of rotatable bonds is 1. The molecular formula is C10H9F3N2O3S. The number of alkyl halides is 3. The molecule has 1 aliphatic rings. The predicted octanol–water partition coefficient (Wildman–Crippen LogP) is 1.19. The summed E-state index contributed by atoms with van der Waals surface area (Å²) in [4.78, 5) is 18.7. The zero-order valence-corrected chi connectivity index (χ0v) is 10.5. The van der Waals surface area contributed by atoms with E-state index in [0.29, 0.717) is 0 Å². The van der Waals surface area contributed by atoms with Crippen molar-refractivity contribution in [2.75, 3.05) is 6.26 Å². The summed E-state index contributed by atoms with van der Waals surface area (Å²) in [6, 6.07) is 0. The first kappa shape index (κ1) is 13.9. The standard InChI is InChI=1S/C10H9F3N2O3S/c1-19(17,18)9-14-4-6-7(15-9)2-5(3-8(6)16)10(11,12)13/h4-5H,2-3H2,1H3/t5-/m0/s1. The van der Waals surface area contributed by atoms with Crippen molar-refractivity contribution >= 4 is 15.6 Å². The molecule has 19 heavy (non-hydrogen) atoms. The molecule has 0 spiro atoms.